The molecule has 0 aromatic carbocycles. The number of alkyl halides is 2. The maximum Gasteiger partial charge on any atom is 0.255 e. The summed E-state index contributed by atoms with van der Waals surface area (Å²) < 4.78 is 24.7. The summed E-state index contributed by atoms with van der Waals surface area (Å²) in [6.45, 7) is -0.429. The fraction of sp³-hybridized carbons (Fsp3) is 0.375. The van der Waals surface area contributed by atoms with Crippen LogP contribution in [-0.4, -0.2) is 40.2 Å². The van der Waals surface area contributed by atoms with E-state index in [0.717, 1.165) is 0 Å². The van der Waals surface area contributed by atoms with Crippen molar-refractivity contribution < 1.29 is 8.78 Å². The highest BCUT2D eigenvalue weighted by molar-refractivity contribution is 5.87. The second-order valence-electron chi connectivity index (χ2n) is 3.42. The van der Waals surface area contributed by atoms with Crippen molar-refractivity contribution in [3.05, 3.63) is 6.20 Å². The maximum absolute atomic E-state index is 12.3. The average molecular weight is 243 g/mol. The Morgan fingerprint density at radius 2 is 2.29 bits per heavy atom. The number of fused-ring (bicyclic) bond motifs is 1. The number of hydrazine groups is 1. The molecule has 0 amide bonds. The molecule has 0 saturated carbocycles. The SMILES string of the molecule is CN(CC(F)F)c1nc(NN)nc2[nH]ncc12. The number of hydrogen-bond donors (Lipinski definition) is 3. The smallest absolute Gasteiger partial charge is 0.255 e. The Bertz CT molecular complexity index is 512. The van der Waals surface area contributed by atoms with E-state index in [1.807, 2.05) is 0 Å². The van der Waals surface area contributed by atoms with Gasteiger partial charge in [0.1, 0.15) is 5.82 Å². The lowest BCUT2D eigenvalue weighted by atomic mass is 10.3. The molecule has 4 N–H and O–H groups in total. The second-order valence-corrected chi connectivity index (χ2v) is 3.42. The fourth-order valence-corrected chi connectivity index (χ4v) is 1.47. The van der Waals surface area contributed by atoms with E-state index in [1.165, 1.54) is 18.1 Å². The van der Waals surface area contributed by atoms with Crippen LogP contribution >= 0.6 is 0 Å². The summed E-state index contributed by atoms with van der Waals surface area (Å²) in [4.78, 5) is 9.35. The van der Waals surface area contributed by atoms with Gasteiger partial charge in [0.05, 0.1) is 18.1 Å². The van der Waals surface area contributed by atoms with Gasteiger partial charge >= 0.3 is 0 Å². The summed E-state index contributed by atoms with van der Waals surface area (Å²) in [6.07, 6.45) is -0.973. The number of nitrogen functional groups attached to an aromatic ring is 1. The molecule has 0 aliphatic carbocycles. The Balaban J connectivity index is 2.46. The van der Waals surface area contributed by atoms with Gasteiger partial charge in [0, 0.05) is 7.05 Å². The molecule has 0 spiro atoms. The number of nitrogens with one attached hydrogen (secondary N) is 2. The van der Waals surface area contributed by atoms with Crippen LogP contribution in [0.5, 0.6) is 0 Å². The molecule has 0 atom stereocenters. The molecule has 0 unspecified atom stereocenters. The van der Waals surface area contributed by atoms with E-state index in [-0.39, 0.29) is 5.95 Å². The van der Waals surface area contributed by atoms with Gasteiger partial charge in [-0.1, -0.05) is 0 Å². The average Bonchev–Trinajstić information content (AvgIpc) is 2.74. The first-order valence-corrected chi connectivity index (χ1v) is 4.79. The minimum Gasteiger partial charge on any atom is -0.353 e. The minimum absolute atomic E-state index is 0.137. The summed E-state index contributed by atoms with van der Waals surface area (Å²) in [5, 5.41) is 6.98. The van der Waals surface area contributed by atoms with Crippen LogP contribution in [0.1, 0.15) is 0 Å². The first-order chi connectivity index (χ1) is 8.11. The van der Waals surface area contributed by atoms with Crippen LogP contribution in [0, 0.1) is 0 Å². The predicted octanol–water partition coefficient (Wildman–Crippen LogP) is 0.340. The lowest BCUT2D eigenvalue weighted by Crippen LogP contribution is -2.26. The molecule has 2 rings (SSSR count). The standard InChI is InChI=1S/C8H11F2N7/c1-17(3-5(9)10)7-4-2-12-16-6(4)13-8(14-7)15-11/h2,5H,3,11H2,1H3,(H2,12,13,14,15,16). The molecule has 0 radical (unpaired) electrons. The predicted molar refractivity (Wildman–Crippen MR) is 58.8 cm³/mol. The quantitative estimate of drug-likeness (QED) is 0.529. The number of H-pyrrole nitrogens is 1. The van der Waals surface area contributed by atoms with Gasteiger partial charge in [0.15, 0.2) is 5.65 Å². The van der Waals surface area contributed by atoms with E-state index in [1.54, 1.807) is 0 Å². The van der Waals surface area contributed by atoms with Crippen molar-refractivity contribution in [2.45, 2.75) is 6.43 Å². The largest absolute Gasteiger partial charge is 0.353 e. The topological polar surface area (TPSA) is 95.8 Å². The van der Waals surface area contributed by atoms with Crippen molar-refractivity contribution in [2.75, 3.05) is 23.9 Å². The van der Waals surface area contributed by atoms with E-state index >= 15 is 0 Å². The summed E-state index contributed by atoms with van der Waals surface area (Å²) in [6, 6.07) is 0. The second kappa shape index (κ2) is 4.45. The molecule has 92 valence electrons. The van der Waals surface area contributed by atoms with E-state index < -0.39 is 13.0 Å². The molecule has 2 aromatic rings. The zero-order valence-corrected chi connectivity index (χ0v) is 8.98. The highest BCUT2D eigenvalue weighted by Crippen LogP contribution is 2.22. The first kappa shape index (κ1) is 11.5. The monoisotopic (exact) mass is 243 g/mol. The van der Waals surface area contributed by atoms with Crippen LogP contribution in [0.15, 0.2) is 6.20 Å². The Hall–Kier alpha value is -2.03. The zero-order valence-electron chi connectivity index (χ0n) is 8.98. The highest BCUT2D eigenvalue weighted by atomic mass is 19.3. The molecule has 2 heterocycles. The van der Waals surface area contributed by atoms with E-state index in [2.05, 4.69) is 25.6 Å². The Morgan fingerprint density at radius 1 is 1.53 bits per heavy atom. The van der Waals surface area contributed by atoms with Gasteiger partial charge in [-0.15, -0.1) is 0 Å². The summed E-state index contributed by atoms with van der Waals surface area (Å²) in [5.74, 6) is 5.69. The lowest BCUT2D eigenvalue weighted by Gasteiger charge is -2.18. The van der Waals surface area contributed by atoms with Gasteiger partial charge in [-0.05, 0) is 0 Å². The molecular weight excluding hydrogens is 232 g/mol. The van der Waals surface area contributed by atoms with Crippen LogP contribution < -0.4 is 16.2 Å². The van der Waals surface area contributed by atoms with Crippen molar-refractivity contribution in [2.24, 2.45) is 5.84 Å². The number of nitrogens with zero attached hydrogens (tertiary/aromatic N) is 4. The number of anilines is 2. The van der Waals surface area contributed by atoms with E-state index in [4.69, 9.17) is 5.84 Å². The Labute approximate surface area is 95.0 Å². The normalized spacial score (nSPS) is 11.1. The molecule has 0 fully saturated rings. The van der Waals surface area contributed by atoms with E-state index in [9.17, 15) is 8.78 Å². The number of aromatic amines is 1. The third-order valence-corrected chi connectivity index (χ3v) is 2.19. The molecule has 7 nitrogen and oxygen atoms in total. The number of halogens is 2. The summed E-state index contributed by atoms with van der Waals surface area (Å²) >= 11 is 0. The summed E-state index contributed by atoms with van der Waals surface area (Å²) in [7, 11) is 1.52. The number of hydrogen-bond acceptors (Lipinski definition) is 6. The van der Waals surface area contributed by atoms with Crippen molar-refractivity contribution >= 4 is 22.8 Å². The molecule has 0 aliphatic rings. The highest BCUT2D eigenvalue weighted by Gasteiger charge is 2.15. The minimum atomic E-state index is -2.45. The van der Waals surface area contributed by atoms with Crippen LogP contribution in [0.4, 0.5) is 20.5 Å². The first-order valence-electron chi connectivity index (χ1n) is 4.79. The van der Waals surface area contributed by atoms with E-state index in [0.29, 0.717) is 16.9 Å². The molecule has 0 bridgehead atoms. The van der Waals surface area contributed by atoms with Crippen molar-refractivity contribution in [3.63, 3.8) is 0 Å². The third kappa shape index (κ3) is 2.23. The number of nitrogens with two attached hydrogens (primary N) is 1. The Kier molecular flexibility index (Phi) is 3.00. The molecule has 2 aromatic heterocycles. The van der Waals surface area contributed by atoms with Gasteiger partial charge < -0.3 is 4.90 Å². The molecule has 9 heteroatoms. The zero-order chi connectivity index (χ0) is 12.4. The number of rotatable bonds is 4. The molecule has 17 heavy (non-hydrogen) atoms. The number of aromatic nitrogens is 4. The van der Waals surface area contributed by atoms with Crippen molar-refractivity contribution in [1.29, 1.82) is 0 Å². The van der Waals surface area contributed by atoms with Crippen LogP contribution in [0.2, 0.25) is 0 Å². The van der Waals surface area contributed by atoms with Crippen molar-refractivity contribution in [3.8, 4) is 0 Å². The van der Waals surface area contributed by atoms with Gasteiger partial charge in [0.2, 0.25) is 5.95 Å². The molecule has 0 aliphatic heterocycles. The van der Waals surface area contributed by atoms with Crippen LogP contribution in [0.3, 0.4) is 0 Å². The third-order valence-electron chi connectivity index (χ3n) is 2.19. The summed E-state index contributed by atoms with van der Waals surface area (Å²) in [5.41, 5.74) is 2.71. The van der Waals surface area contributed by atoms with Gasteiger partial charge in [-0.3, -0.25) is 10.5 Å². The van der Waals surface area contributed by atoms with Crippen LogP contribution in [-0.2, 0) is 0 Å². The van der Waals surface area contributed by atoms with Gasteiger partial charge in [0.25, 0.3) is 6.43 Å². The van der Waals surface area contributed by atoms with Gasteiger partial charge in [-0.25, -0.2) is 14.6 Å². The van der Waals surface area contributed by atoms with Gasteiger partial charge in [-0.2, -0.15) is 15.1 Å². The molecular formula is C8H11F2N7. The van der Waals surface area contributed by atoms with Crippen molar-refractivity contribution in [1.82, 2.24) is 20.2 Å². The lowest BCUT2D eigenvalue weighted by molar-refractivity contribution is 0.156. The maximum atomic E-state index is 12.3. The fourth-order valence-electron chi connectivity index (χ4n) is 1.47. The Morgan fingerprint density at radius 3 is 2.94 bits per heavy atom. The molecule has 0 saturated heterocycles. The van der Waals surface area contributed by atoms with Crippen LogP contribution in [0.25, 0.3) is 11.0 Å².